The molecule has 0 aliphatic rings. The summed E-state index contributed by atoms with van der Waals surface area (Å²) in [6.07, 6.45) is 0.816. The van der Waals surface area contributed by atoms with Crippen molar-refractivity contribution in [3.8, 4) is 23.1 Å². The fourth-order valence-corrected chi connectivity index (χ4v) is 3.61. The monoisotopic (exact) mass is 441 g/mol. The van der Waals surface area contributed by atoms with E-state index >= 15 is 0 Å². The first kappa shape index (κ1) is 22.1. The summed E-state index contributed by atoms with van der Waals surface area (Å²) < 4.78 is 13.3. The molecule has 0 aliphatic heterocycles. The van der Waals surface area contributed by atoms with Crippen LogP contribution in [0.1, 0.15) is 23.2 Å². The predicted octanol–water partition coefficient (Wildman–Crippen LogP) is 5.86. The third-order valence-electron chi connectivity index (χ3n) is 5.32. The standard InChI is InChI=1S/C27H27N3O3/c1-19-8-7-9-21(18-19)28-26(31)17-16-25-20(2)29-30(22-12-14-23(32-3)15-13-22)27(25)33-24-10-5-4-6-11-24/h4-15,18H,16-17H2,1-3H3,(H,28,31). The van der Waals surface area contributed by atoms with Crippen molar-refractivity contribution in [2.75, 3.05) is 12.4 Å². The number of amides is 1. The van der Waals surface area contributed by atoms with Crippen molar-refractivity contribution in [1.82, 2.24) is 9.78 Å². The number of anilines is 1. The van der Waals surface area contributed by atoms with Crippen LogP contribution in [0.2, 0.25) is 0 Å². The average molecular weight is 442 g/mol. The molecule has 4 aromatic rings. The van der Waals surface area contributed by atoms with Gasteiger partial charge in [-0.3, -0.25) is 4.79 Å². The van der Waals surface area contributed by atoms with Gasteiger partial charge in [0.15, 0.2) is 0 Å². The van der Waals surface area contributed by atoms with E-state index in [9.17, 15) is 4.79 Å². The third kappa shape index (κ3) is 5.41. The van der Waals surface area contributed by atoms with Gasteiger partial charge in [-0.15, -0.1) is 0 Å². The summed E-state index contributed by atoms with van der Waals surface area (Å²) in [5.74, 6) is 2.02. The second-order valence-corrected chi connectivity index (χ2v) is 7.81. The molecule has 0 saturated carbocycles. The van der Waals surface area contributed by atoms with Crippen LogP contribution in [0.5, 0.6) is 17.4 Å². The van der Waals surface area contributed by atoms with Crippen LogP contribution in [0.25, 0.3) is 5.69 Å². The molecule has 0 atom stereocenters. The fraction of sp³-hybridized carbons (Fsp3) is 0.185. The van der Waals surface area contributed by atoms with E-state index < -0.39 is 0 Å². The fourth-order valence-electron chi connectivity index (χ4n) is 3.61. The van der Waals surface area contributed by atoms with Gasteiger partial charge >= 0.3 is 0 Å². The normalized spacial score (nSPS) is 10.6. The molecule has 1 amide bonds. The van der Waals surface area contributed by atoms with Gasteiger partial charge in [0, 0.05) is 17.7 Å². The van der Waals surface area contributed by atoms with E-state index in [0.717, 1.165) is 33.9 Å². The van der Waals surface area contributed by atoms with Gasteiger partial charge in [0.2, 0.25) is 11.8 Å². The number of benzene rings is 3. The predicted molar refractivity (Wildman–Crippen MR) is 129 cm³/mol. The largest absolute Gasteiger partial charge is 0.497 e. The molecule has 1 heterocycles. The summed E-state index contributed by atoms with van der Waals surface area (Å²) in [6, 6.07) is 25.0. The smallest absolute Gasteiger partial charge is 0.226 e. The number of carbonyl (C=O) groups is 1. The Bertz CT molecular complexity index is 1230. The van der Waals surface area contributed by atoms with Crippen LogP contribution in [0, 0.1) is 13.8 Å². The quantitative estimate of drug-likeness (QED) is 0.372. The molecule has 0 saturated heterocycles. The summed E-state index contributed by atoms with van der Waals surface area (Å²) in [5.41, 5.74) is 4.46. The van der Waals surface area contributed by atoms with Crippen molar-refractivity contribution in [3.05, 3.63) is 95.7 Å². The molecule has 6 nitrogen and oxygen atoms in total. The number of carbonyl (C=O) groups excluding carboxylic acids is 1. The molecule has 0 aliphatic carbocycles. The molecule has 168 valence electrons. The van der Waals surface area contributed by atoms with Gasteiger partial charge in [-0.1, -0.05) is 30.3 Å². The zero-order valence-corrected chi connectivity index (χ0v) is 19.0. The summed E-state index contributed by atoms with van der Waals surface area (Å²) in [7, 11) is 1.64. The average Bonchev–Trinajstić information content (AvgIpc) is 3.13. The van der Waals surface area contributed by atoms with Crippen molar-refractivity contribution in [2.45, 2.75) is 26.7 Å². The van der Waals surface area contributed by atoms with Gasteiger partial charge in [-0.05, 0) is 74.4 Å². The summed E-state index contributed by atoms with van der Waals surface area (Å²) >= 11 is 0. The van der Waals surface area contributed by atoms with E-state index in [1.165, 1.54) is 0 Å². The Morgan fingerprint density at radius 2 is 1.70 bits per heavy atom. The highest BCUT2D eigenvalue weighted by molar-refractivity contribution is 5.90. The lowest BCUT2D eigenvalue weighted by Crippen LogP contribution is -2.12. The molecule has 6 heteroatoms. The topological polar surface area (TPSA) is 65.4 Å². The van der Waals surface area contributed by atoms with Crippen LogP contribution in [-0.4, -0.2) is 22.8 Å². The van der Waals surface area contributed by atoms with E-state index in [2.05, 4.69) is 5.32 Å². The van der Waals surface area contributed by atoms with E-state index in [0.29, 0.717) is 24.5 Å². The van der Waals surface area contributed by atoms with E-state index in [4.69, 9.17) is 14.6 Å². The SMILES string of the molecule is COc1ccc(-n2nc(C)c(CCC(=O)Nc3cccc(C)c3)c2Oc2ccccc2)cc1. The van der Waals surface area contributed by atoms with Gasteiger partial charge in [-0.2, -0.15) is 5.10 Å². The van der Waals surface area contributed by atoms with Crippen LogP contribution < -0.4 is 14.8 Å². The van der Waals surface area contributed by atoms with Crippen molar-refractivity contribution >= 4 is 11.6 Å². The van der Waals surface area contributed by atoms with Crippen molar-refractivity contribution in [2.24, 2.45) is 0 Å². The van der Waals surface area contributed by atoms with Gasteiger partial charge in [-0.25, -0.2) is 4.68 Å². The van der Waals surface area contributed by atoms with E-state index in [1.807, 2.05) is 92.7 Å². The number of hydrogen-bond donors (Lipinski definition) is 1. The van der Waals surface area contributed by atoms with Gasteiger partial charge in [0.1, 0.15) is 11.5 Å². The number of aryl methyl sites for hydroxylation is 2. The minimum Gasteiger partial charge on any atom is -0.497 e. The van der Waals surface area contributed by atoms with Crippen LogP contribution in [0.3, 0.4) is 0 Å². The Balaban J connectivity index is 1.60. The summed E-state index contributed by atoms with van der Waals surface area (Å²) in [5, 5.41) is 7.70. The highest BCUT2D eigenvalue weighted by Gasteiger charge is 2.20. The number of ether oxygens (including phenoxy) is 2. The number of rotatable bonds is 8. The van der Waals surface area contributed by atoms with E-state index in [-0.39, 0.29) is 5.91 Å². The molecule has 0 radical (unpaired) electrons. The first-order valence-corrected chi connectivity index (χ1v) is 10.9. The third-order valence-corrected chi connectivity index (χ3v) is 5.32. The molecular formula is C27H27N3O3. The zero-order chi connectivity index (χ0) is 23.2. The van der Waals surface area contributed by atoms with Crippen LogP contribution >= 0.6 is 0 Å². The number of aromatic nitrogens is 2. The second-order valence-electron chi connectivity index (χ2n) is 7.81. The maximum atomic E-state index is 12.6. The number of para-hydroxylation sites is 1. The van der Waals surface area contributed by atoms with Crippen molar-refractivity contribution in [3.63, 3.8) is 0 Å². The molecule has 0 bridgehead atoms. The number of nitrogens with zero attached hydrogens (tertiary/aromatic N) is 2. The highest BCUT2D eigenvalue weighted by atomic mass is 16.5. The molecule has 1 N–H and O–H groups in total. The van der Waals surface area contributed by atoms with Crippen LogP contribution in [-0.2, 0) is 11.2 Å². The van der Waals surface area contributed by atoms with Crippen molar-refractivity contribution < 1.29 is 14.3 Å². The number of hydrogen-bond acceptors (Lipinski definition) is 4. The first-order valence-electron chi connectivity index (χ1n) is 10.9. The lowest BCUT2D eigenvalue weighted by Gasteiger charge is -2.12. The molecule has 0 spiro atoms. The number of nitrogens with one attached hydrogen (secondary N) is 1. The maximum absolute atomic E-state index is 12.6. The second kappa shape index (κ2) is 10.0. The summed E-state index contributed by atoms with van der Waals surface area (Å²) in [4.78, 5) is 12.6. The van der Waals surface area contributed by atoms with Gasteiger partial charge in [0.25, 0.3) is 0 Å². The minimum atomic E-state index is -0.0529. The molecule has 4 rings (SSSR count). The Morgan fingerprint density at radius 3 is 2.39 bits per heavy atom. The lowest BCUT2D eigenvalue weighted by atomic mass is 10.1. The minimum absolute atomic E-state index is 0.0529. The number of methoxy groups -OCH3 is 1. The molecular weight excluding hydrogens is 414 g/mol. The highest BCUT2D eigenvalue weighted by Crippen LogP contribution is 2.32. The maximum Gasteiger partial charge on any atom is 0.226 e. The summed E-state index contributed by atoms with van der Waals surface area (Å²) in [6.45, 7) is 3.94. The Kier molecular flexibility index (Phi) is 6.74. The van der Waals surface area contributed by atoms with Gasteiger partial charge < -0.3 is 14.8 Å². The van der Waals surface area contributed by atoms with Crippen LogP contribution in [0.4, 0.5) is 5.69 Å². The Labute approximate surface area is 193 Å². The Hall–Kier alpha value is -4.06. The molecule has 33 heavy (non-hydrogen) atoms. The van der Waals surface area contributed by atoms with Gasteiger partial charge in [0.05, 0.1) is 18.5 Å². The molecule has 0 fully saturated rings. The van der Waals surface area contributed by atoms with Crippen LogP contribution in [0.15, 0.2) is 78.9 Å². The molecule has 0 unspecified atom stereocenters. The molecule has 1 aromatic heterocycles. The molecule has 3 aromatic carbocycles. The Morgan fingerprint density at radius 1 is 0.939 bits per heavy atom. The van der Waals surface area contributed by atoms with Crippen molar-refractivity contribution in [1.29, 1.82) is 0 Å². The first-order chi connectivity index (χ1) is 16.0. The van der Waals surface area contributed by atoms with E-state index in [1.54, 1.807) is 11.8 Å². The lowest BCUT2D eigenvalue weighted by molar-refractivity contribution is -0.116. The zero-order valence-electron chi connectivity index (χ0n) is 19.0.